The Hall–Kier alpha value is -1.40. The number of nitrogens with one attached hydrogen (secondary N) is 1. The number of nitrogens with zero attached hydrogens (tertiary/aromatic N) is 1. The number of benzene rings is 1. The summed E-state index contributed by atoms with van der Waals surface area (Å²) in [5.41, 5.74) is -0.129. The van der Waals surface area contributed by atoms with E-state index in [0.29, 0.717) is 19.1 Å². The highest BCUT2D eigenvalue weighted by Gasteiger charge is 2.21. The molecule has 1 aromatic carbocycles. The van der Waals surface area contributed by atoms with E-state index in [-0.39, 0.29) is 16.4 Å². The van der Waals surface area contributed by atoms with Crippen LogP contribution in [0.2, 0.25) is 5.02 Å². The van der Waals surface area contributed by atoms with Crippen molar-refractivity contribution in [2.75, 3.05) is 25.1 Å². The topological polar surface area (TPSA) is 64.4 Å². The van der Waals surface area contributed by atoms with Gasteiger partial charge in [0.25, 0.3) is 5.69 Å². The van der Waals surface area contributed by atoms with E-state index in [9.17, 15) is 14.5 Å². The second-order valence-corrected chi connectivity index (χ2v) is 4.89. The van der Waals surface area contributed by atoms with Crippen molar-refractivity contribution in [1.82, 2.24) is 0 Å². The minimum atomic E-state index is -0.686. The van der Waals surface area contributed by atoms with Gasteiger partial charge < -0.3 is 10.1 Å². The third-order valence-corrected chi connectivity index (χ3v) is 3.14. The number of hydrogen-bond acceptors (Lipinski definition) is 4. The molecule has 0 radical (unpaired) electrons. The molecule has 1 aliphatic rings. The van der Waals surface area contributed by atoms with Crippen LogP contribution < -0.4 is 5.32 Å². The number of rotatable bonds is 7. The van der Waals surface area contributed by atoms with E-state index in [4.69, 9.17) is 16.3 Å². The fourth-order valence-electron chi connectivity index (χ4n) is 1.62. The molecule has 1 aliphatic carbocycles. The van der Waals surface area contributed by atoms with Gasteiger partial charge in [-0.15, -0.1) is 0 Å². The maximum absolute atomic E-state index is 13.3. The molecule has 0 saturated heterocycles. The van der Waals surface area contributed by atoms with Gasteiger partial charge in [0.05, 0.1) is 16.6 Å². The fourth-order valence-corrected chi connectivity index (χ4v) is 1.78. The Morgan fingerprint density at radius 2 is 2.26 bits per heavy atom. The molecule has 1 aromatic rings. The molecule has 0 unspecified atom stereocenters. The van der Waals surface area contributed by atoms with Crippen molar-refractivity contribution in [1.29, 1.82) is 0 Å². The third kappa shape index (κ3) is 4.04. The lowest BCUT2D eigenvalue weighted by Gasteiger charge is -2.08. The van der Waals surface area contributed by atoms with Crippen molar-refractivity contribution in [2.24, 2.45) is 5.92 Å². The molecule has 0 amide bonds. The zero-order chi connectivity index (χ0) is 13.8. The van der Waals surface area contributed by atoms with Crippen LogP contribution in [0.5, 0.6) is 0 Å². The molecular formula is C12H14ClFN2O3. The normalized spacial score (nSPS) is 14.4. The molecule has 1 saturated carbocycles. The molecule has 0 aliphatic heterocycles. The van der Waals surface area contributed by atoms with Crippen LogP contribution in [-0.4, -0.2) is 24.7 Å². The van der Waals surface area contributed by atoms with E-state index in [1.807, 2.05) is 0 Å². The molecular weight excluding hydrogens is 275 g/mol. The quantitative estimate of drug-likeness (QED) is 0.475. The summed E-state index contributed by atoms with van der Waals surface area (Å²) in [6.45, 7) is 1.53. The number of hydrogen-bond donors (Lipinski definition) is 1. The zero-order valence-electron chi connectivity index (χ0n) is 10.2. The van der Waals surface area contributed by atoms with Crippen molar-refractivity contribution in [3.8, 4) is 0 Å². The van der Waals surface area contributed by atoms with Gasteiger partial charge in [-0.1, -0.05) is 11.6 Å². The molecule has 1 fully saturated rings. The average Bonchev–Trinajstić information content (AvgIpc) is 3.16. The SMILES string of the molecule is O=[N+]([O-])c1cc(Cl)c(F)cc1NCCOCC1CC1. The van der Waals surface area contributed by atoms with E-state index in [2.05, 4.69) is 5.32 Å². The van der Waals surface area contributed by atoms with E-state index in [1.165, 1.54) is 12.8 Å². The maximum atomic E-state index is 13.3. The first kappa shape index (κ1) is 14.0. The summed E-state index contributed by atoms with van der Waals surface area (Å²) in [7, 11) is 0. The molecule has 7 heteroatoms. The summed E-state index contributed by atoms with van der Waals surface area (Å²) >= 11 is 5.52. The van der Waals surface area contributed by atoms with Gasteiger partial charge in [-0.05, 0) is 18.8 Å². The van der Waals surface area contributed by atoms with Crippen molar-refractivity contribution < 1.29 is 14.1 Å². The van der Waals surface area contributed by atoms with Crippen LogP contribution >= 0.6 is 11.6 Å². The molecule has 5 nitrogen and oxygen atoms in total. The monoisotopic (exact) mass is 288 g/mol. The minimum Gasteiger partial charge on any atom is -0.379 e. The summed E-state index contributed by atoms with van der Waals surface area (Å²) < 4.78 is 18.7. The molecule has 0 spiro atoms. The van der Waals surface area contributed by atoms with E-state index in [0.717, 1.165) is 18.7 Å². The number of ether oxygens (including phenoxy) is 1. The summed E-state index contributed by atoms with van der Waals surface area (Å²) in [5, 5.41) is 13.4. The molecule has 104 valence electrons. The first-order valence-electron chi connectivity index (χ1n) is 6.03. The van der Waals surface area contributed by atoms with Gasteiger partial charge in [0.1, 0.15) is 11.5 Å². The van der Waals surface area contributed by atoms with Crippen molar-refractivity contribution in [3.05, 3.63) is 33.1 Å². The van der Waals surface area contributed by atoms with Gasteiger partial charge in [0.15, 0.2) is 0 Å². The Labute approximate surface area is 114 Å². The Morgan fingerprint density at radius 1 is 1.53 bits per heavy atom. The summed E-state index contributed by atoms with van der Waals surface area (Å²) in [4.78, 5) is 10.2. The number of halogens is 2. The first-order valence-corrected chi connectivity index (χ1v) is 6.41. The van der Waals surface area contributed by atoms with E-state index < -0.39 is 10.7 Å². The first-order chi connectivity index (χ1) is 9.08. The number of nitro benzene ring substituents is 1. The maximum Gasteiger partial charge on any atom is 0.294 e. The standard InChI is InChI=1S/C12H14ClFN2O3/c13-9-5-12(16(17)18)11(6-10(9)14)15-3-4-19-7-8-1-2-8/h5-6,8,15H,1-4,7H2. The van der Waals surface area contributed by atoms with Gasteiger partial charge in [-0.25, -0.2) is 4.39 Å². The summed E-state index contributed by atoms with van der Waals surface area (Å²) in [5.74, 6) is -0.0176. The molecule has 2 rings (SSSR count). The van der Waals surface area contributed by atoms with Crippen LogP contribution in [0, 0.1) is 21.8 Å². The van der Waals surface area contributed by atoms with Crippen LogP contribution in [0.25, 0.3) is 0 Å². The van der Waals surface area contributed by atoms with Crippen molar-refractivity contribution in [2.45, 2.75) is 12.8 Å². The van der Waals surface area contributed by atoms with Crippen LogP contribution in [0.15, 0.2) is 12.1 Å². The third-order valence-electron chi connectivity index (χ3n) is 2.85. The lowest BCUT2D eigenvalue weighted by molar-refractivity contribution is -0.384. The largest absolute Gasteiger partial charge is 0.379 e. The average molecular weight is 289 g/mol. The molecule has 0 bridgehead atoms. The predicted octanol–water partition coefficient (Wildman–Crippen LogP) is 3.23. The van der Waals surface area contributed by atoms with Gasteiger partial charge >= 0.3 is 0 Å². The van der Waals surface area contributed by atoms with Crippen molar-refractivity contribution in [3.63, 3.8) is 0 Å². The molecule has 0 aromatic heterocycles. The van der Waals surface area contributed by atoms with Gasteiger partial charge in [-0.3, -0.25) is 10.1 Å². The van der Waals surface area contributed by atoms with Crippen LogP contribution in [0.4, 0.5) is 15.8 Å². The van der Waals surface area contributed by atoms with Crippen LogP contribution in [0.1, 0.15) is 12.8 Å². The van der Waals surface area contributed by atoms with E-state index in [1.54, 1.807) is 0 Å². The van der Waals surface area contributed by atoms with Crippen LogP contribution in [0.3, 0.4) is 0 Å². The zero-order valence-corrected chi connectivity index (χ0v) is 11.0. The molecule has 0 atom stereocenters. The molecule has 1 N–H and O–H groups in total. The highest BCUT2D eigenvalue weighted by atomic mass is 35.5. The fraction of sp³-hybridized carbons (Fsp3) is 0.500. The highest BCUT2D eigenvalue weighted by Crippen LogP contribution is 2.30. The predicted molar refractivity (Wildman–Crippen MR) is 70.1 cm³/mol. The van der Waals surface area contributed by atoms with Crippen molar-refractivity contribution >= 4 is 23.0 Å². The molecule has 19 heavy (non-hydrogen) atoms. The molecule has 0 heterocycles. The van der Waals surface area contributed by atoms with Gasteiger partial charge in [0.2, 0.25) is 0 Å². The van der Waals surface area contributed by atoms with Crippen LogP contribution in [-0.2, 0) is 4.74 Å². The highest BCUT2D eigenvalue weighted by molar-refractivity contribution is 6.31. The smallest absolute Gasteiger partial charge is 0.294 e. The Kier molecular flexibility index (Phi) is 4.55. The Morgan fingerprint density at radius 3 is 2.89 bits per heavy atom. The lowest BCUT2D eigenvalue weighted by Crippen LogP contribution is -2.12. The second kappa shape index (κ2) is 6.16. The second-order valence-electron chi connectivity index (χ2n) is 4.49. The van der Waals surface area contributed by atoms with Gasteiger partial charge in [-0.2, -0.15) is 0 Å². The summed E-state index contributed by atoms with van der Waals surface area (Å²) in [6.07, 6.45) is 2.42. The Bertz CT molecular complexity index is 480. The Balaban J connectivity index is 1.89. The number of anilines is 1. The van der Waals surface area contributed by atoms with E-state index >= 15 is 0 Å². The number of nitro groups is 1. The minimum absolute atomic E-state index is 0.113. The summed E-state index contributed by atoms with van der Waals surface area (Å²) in [6, 6.07) is 2.03. The van der Waals surface area contributed by atoms with Gasteiger partial charge in [0, 0.05) is 25.3 Å². The lowest BCUT2D eigenvalue weighted by atomic mass is 10.2.